The number of benzene rings is 2. The van der Waals surface area contributed by atoms with Crippen molar-refractivity contribution in [1.82, 2.24) is 0 Å². The van der Waals surface area contributed by atoms with Crippen LogP contribution in [-0.2, 0) is 10.1 Å². The molecule has 2 aromatic rings. The average Bonchev–Trinajstić information content (AvgIpc) is 2.47. The van der Waals surface area contributed by atoms with E-state index in [1.54, 1.807) is 6.07 Å². The van der Waals surface area contributed by atoms with E-state index in [9.17, 15) is 22.4 Å². The van der Waals surface area contributed by atoms with Crippen molar-refractivity contribution in [2.45, 2.75) is 4.90 Å². The second-order valence-electron chi connectivity index (χ2n) is 4.06. The molecule has 0 aliphatic rings. The molecular formula is C14H9Br2FO5S. The standard InChI is InChI=1S/C7H4BrFO.C7H5BrO4S/c8-6-2-1-5(4-10)7(9)3-6;8-6-2-1-5(4-9)7(3-6)13(10,11)12/h1-4H;1-4H,(H,10,11,12). The van der Waals surface area contributed by atoms with E-state index >= 15 is 0 Å². The third-order valence-corrected chi connectivity index (χ3v) is 4.37. The first-order valence-electron chi connectivity index (χ1n) is 5.81. The molecular weight excluding hydrogens is 459 g/mol. The number of halogens is 3. The molecule has 0 radical (unpaired) electrons. The molecule has 23 heavy (non-hydrogen) atoms. The van der Waals surface area contributed by atoms with Crippen LogP contribution in [0.4, 0.5) is 4.39 Å². The summed E-state index contributed by atoms with van der Waals surface area (Å²) in [6.45, 7) is 0. The van der Waals surface area contributed by atoms with Gasteiger partial charge in [-0.1, -0.05) is 31.9 Å². The second-order valence-corrected chi connectivity index (χ2v) is 7.28. The fraction of sp³-hybridized carbons (Fsp3) is 0. The highest BCUT2D eigenvalue weighted by Gasteiger charge is 2.14. The smallest absolute Gasteiger partial charge is 0.295 e. The van der Waals surface area contributed by atoms with Gasteiger partial charge >= 0.3 is 0 Å². The fourth-order valence-electron chi connectivity index (χ4n) is 1.43. The van der Waals surface area contributed by atoms with Crippen LogP contribution in [-0.4, -0.2) is 25.5 Å². The maximum Gasteiger partial charge on any atom is 0.295 e. The lowest BCUT2D eigenvalue weighted by atomic mass is 10.2. The molecule has 0 saturated carbocycles. The fourth-order valence-corrected chi connectivity index (χ4v) is 2.96. The van der Waals surface area contributed by atoms with E-state index in [1.165, 1.54) is 30.3 Å². The van der Waals surface area contributed by atoms with Gasteiger partial charge in [-0.15, -0.1) is 0 Å². The van der Waals surface area contributed by atoms with Crippen LogP contribution >= 0.6 is 31.9 Å². The van der Waals surface area contributed by atoms with Gasteiger partial charge in [-0.3, -0.25) is 14.1 Å². The van der Waals surface area contributed by atoms with Crippen LogP contribution in [0.5, 0.6) is 0 Å². The average molecular weight is 468 g/mol. The van der Waals surface area contributed by atoms with E-state index in [4.69, 9.17) is 4.55 Å². The summed E-state index contributed by atoms with van der Waals surface area (Å²) in [7, 11) is -4.33. The molecule has 1 N–H and O–H groups in total. The van der Waals surface area contributed by atoms with Crippen molar-refractivity contribution in [3.8, 4) is 0 Å². The molecule has 9 heteroatoms. The van der Waals surface area contributed by atoms with E-state index in [2.05, 4.69) is 31.9 Å². The molecule has 5 nitrogen and oxygen atoms in total. The van der Waals surface area contributed by atoms with Gasteiger partial charge in [0.25, 0.3) is 10.1 Å². The van der Waals surface area contributed by atoms with Crippen molar-refractivity contribution >= 4 is 54.6 Å². The lowest BCUT2D eigenvalue weighted by Crippen LogP contribution is -2.02. The first-order valence-corrected chi connectivity index (χ1v) is 8.84. The second kappa shape index (κ2) is 8.44. The first-order chi connectivity index (χ1) is 10.7. The zero-order valence-corrected chi connectivity index (χ0v) is 15.2. The minimum Gasteiger partial charge on any atom is -0.298 e. The molecule has 0 aromatic heterocycles. The minimum absolute atomic E-state index is 0.0642. The molecule has 0 aliphatic heterocycles. The van der Waals surface area contributed by atoms with E-state index in [-0.39, 0.29) is 11.1 Å². The summed E-state index contributed by atoms with van der Waals surface area (Å²) >= 11 is 6.10. The molecule has 0 bridgehead atoms. The maximum atomic E-state index is 12.6. The van der Waals surface area contributed by atoms with Crippen LogP contribution < -0.4 is 0 Å². The largest absolute Gasteiger partial charge is 0.298 e. The number of carbonyl (C=O) groups excluding carboxylic acids is 2. The lowest BCUT2D eigenvalue weighted by molar-refractivity contribution is 0.111. The third-order valence-electron chi connectivity index (χ3n) is 2.47. The molecule has 2 aromatic carbocycles. The van der Waals surface area contributed by atoms with E-state index in [0.29, 0.717) is 21.5 Å². The molecule has 122 valence electrons. The van der Waals surface area contributed by atoms with Gasteiger partial charge in [-0.2, -0.15) is 8.42 Å². The van der Waals surface area contributed by atoms with E-state index < -0.39 is 20.8 Å². The van der Waals surface area contributed by atoms with Crippen molar-refractivity contribution in [2.75, 3.05) is 0 Å². The Labute approximate surface area is 148 Å². The van der Waals surface area contributed by atoms with Crippen LogP contribution in [0.1, 0.15) is 20.7 Å². The Morgan fingerprint density at radius 2 is 1.39 bits per heavy atom. The Hall–Kier alpha value is -1.42. The number of hydrogen-bond acceptors (Lipinski definition) is 4. The lowest BCUT2D eigenvalue weighted by Gasteiger charge is -2.00. The van der Waals surface area contributed by atoms with Gasteiger partial charge in [0.15, 0.2) is 12.6 Å². The molecule has 0 atom stereocenters. The quantitative estimate of drug-likeness (QED) is 0.546. The predicted molar refractivity (Wildman–Crippen MR) is 88.8 cm³/mol. The molecule has 0 spiro atoms. The summed E-state index contributed by atoms with van der Waals surface area (Å²) in [6, 6.07) is 8.28. The summed E-state index contributed by atoms with van der Waals surface area (Å²) in [5.41, 5.74) is 0.0221. The SMILES string of the molecule is O=Cc1ccc(Br)cc1F.O=Cc1ccc(Br)cc1S(=O)(=O)O. The normalized spacial score (nSPS) is 10.4. The molecule has 0 amide bonds. The van der Waals surface area contributed by atoms with Crippen molar-refractivity contribution in [3.63, 3.8) is 0 Å². The minimum atomic E-state index is -4.33. The Balaban J connectivity index is 0.000000238. The molecule has 0 aliphatic carbocycles. The summed E-state index contributed by atoms with van der Waals surface area (Å²) in [4.78, 5) is 20.1. The monoisotopic (exact) mass is 466 g/mol. The van der Waals surface area contributed by atoms with Gasteiger partial charge in [0.05, 0.1) is 5.56 Å². The van der Waals surface area contributed by atoms with Crippen molar-refractivity contribution in [2.24, 2.45) is 0 Å². The molecule has 0 fully saturated rings. The van der Waals surface area contributed by atoms with Crippen LogP contribution in [0.15, 0.2) is 50.2 Å². The number of hydrogen-bond donors (Lipinski definition) is 1. The van der Waals surface area contributed by atoms with Crippen molar-refractivity contribution < 1.29 is 27.0 Å². The Morgan fingerprint density at radius 1 is 0.913 bits per heavy atom. The highest BCUT2D eigenvalue weighted by Crippen LogP contribution is 2.19. The van der Waals surface area contributed by atoms with Gasteiger partial charge in [0.1, 0.15) is 10.7 Å². The summed E-state index contributed by atoms with van der Waals surface area (Å²) in [6.07, 6.45) is 0.858. The maximum absolute atomic E-state index is 12.6. The van der Waals surface area contributed by atoms with Crippen LogP contribution in [0.3, 0.4) is 0 Å². The zero-order chi connectivity index (χ0) is 17.6. The van der Waals surface area contributed by atoms with E-state index in [0.717, 1.165) is 0 Å². The topological polar surface area (TPSA) is 88.5 Å². The van der Waals surface area contributed by atoms with Crippen molar-refractivity contribution in [1.29, 1.82) is 0 Å². The third kappa shape index (κ3) is 5.94. The van der Waals surface area contributed by atoms with Gasteiger partial charge in [0.2, 0.25) is 0 Å². The van der Waals surface area contributed by atoms with Gasteiger partial charge < -0.3 is 0 Å². The summed E-state index contributed by atoms with van der Waals surface area (Å²) in [5, 5.41) is 0. The molecule has 0 unspecified atom stereocenters. The van der Waals surface area contributed by atoms with Gasteiger partial charge in [0, 0.05) is 14.5 Å². The molecule has 2 rings (SSSR count). The highest BCUT2D eigenvalue weighted by atomic mass is 79.9. The summed E-state index contributed by atoms with van der Waals surface area (Å²) < 4.78 is 43.9. The first kappa shape index (κ1) is 19.6. The van der Waals surface area contributed by atoms with Crippen molar-refractivity contribution in [3.05, 3.63) is 62.3 Å². The van der Waals surface area contributed by atoms with Crippen LogP contribution in [0.2, 0.25) is 0 Å². The number of carbonyl (C=O) groups is 2. The number of aldehydes is 2. The Kier molecular flexibility index (Phi) is 7.20. The molecule has 0 heterocycles. The Morgan fingerprint density at radius 3 is 1.83 bits per heavy atom. The predicted octanol–water partition coefficient (Wildman–Crippen LogP) is 3.91. The summed E-state index contributed by atoms with van der Waals surface area (Å²) in [5.74, 6) is -0.496. The number of rotatable bonds is 3. The highest BCUT2D eigenvalue weighted by molar-refractivity contribution is 9.10. The van der Waals surface area contributed by atoms with E-state index in [1.807, 2.05) is 0 Å². The molecule has 0 saturated heterocycles. The Bertz CT molecular complexity index is 837. The van der Waals surface area contributed by atoms with Gasteiger partial charge in [-0.25, -0.2) is 4.39 Å². The van der Waals surface area contributed by atoms with Gasteiger partial charge in [-0.05, 0) is 36.4 Å². The zero-order valence-electron chi connectivity index (χ0n) is 11.2. The van der Waals surface area contributed by atoms with Crippen LogP contribution in [0.25, 0.3) is 0 Å². The van der Waals surface area contributed by atoms with Crippen LogP contribution in [0, 0.1) is 5.82 Å².